The standard InChI is InChI=1S/C16H16Cl2N2OS/c17-13-2-1-11(14(18)7-13)8-19-16(21)10-20-5-3-15-12(9-20)4-6-22-15/h1-2,4,6-7H,3,5,8-10H2,(H,19,21). The third kappa shape index (κ3) is 3.82. The van der Waals surface area contributed by atoms with Crippen LogP contribution in [0.4, 0.5) is 0 Å². The summed E-state index contributed by atoms with van der Waals surface area (Å²) < 4.78 is 0. The summed E-state index contributed by atoms with van der Waals surface area (Å²) in [5, 5.41) is 6.22. The largest absolute Gasteiger partial charge is 0.351 e. The molecule has 0 fully saturated rings. The minimum absolute atomic E-state index is 0.0182. The Hall–Kier alpha value is -1.07. The fraction of sp³-hybridized carbons (Fsp3) is 0.312. The maximum absolute atomic E-state index is 12.1. The van der Waals surface area contributed by atoms with Crippen LogP contribution in [-0.2, 0) is 24.3 Å². The minimum Gasteiger partial charge on any atom is -0.351 e. The summed E-state index contributed by atoms with van der Waals surface area (Å²) in [6.07, 6.45) is 1.03. The average molecular weight is 355 g/mol. The maximum Gasteiger partial charge on any atom is 0.234 e. The number of nitrogens with one attached hydrogen (secondary N) is 1. The molecule has 0 radical (unpaired) electrons. The van der Waals surface area contributed by atoms with Gasteiger partial charge in [-0.05, 0) is 41.1 Å². The summed E-state index contributed by atoms with van der Waals surface area (Å²) in [4.78, 5) is 15.7. The minimum atomic E-state index is 0.0182. The van der Waals surface area contributed by atoms with Crippen molar-refractivity contribution in [1.82, 2.24) is 10.2 Å². The number of fused-ring (bicyclic) bond motifs is 1. The molecule has 1 aliphatic heterocycles. The van der Waals surface area contributed by atoms with Crippen molar-refractivity contribution in [3.63, 3.8) is 0 Å². The highest BCUT2D eigenvalue weighted by Crippen LogP contribution is 2.24. The predicted molar refractivity (Wildman–Crippen MR) is 91.6 cm³/mol. The number of thiophene rings is 1. The third-order valence-corrected chi connectivity index (χ3v) is 5.36. The Balaban J connectivity index is 1.51. The van der Waals surface area contributed by atoms with Gasteiger partial charge in [0.15, 0.2) is 0 Å². The predicted octanol–water partition coefficient (Wildman–Crippen LogP) is 3.73. The molecule has 1 amide bonds. The number of rotatable bonds is 4. The first-order valence-corrected chi connectivity index (χ1v) is 8.73. The second kappa shape index (κ2) is 7.01. The number of carbonyl (C=O) groups is 1. The molecule has 6 heteroatoms. The average Bonchev–Trinajstić information content (AvgIpc) is 2.94. The second-order valence-corrected chi connectivity index (χ2v) is 7.19. The highest BCUT2D eigenvalue weighted by atomic mass is 35.5. The van der Waals surface area contributed by atoms with Crippen molar-refractivity contribution in [1.29, 1.82) is 0 Å². The smallest absolute Gasteiger partial charge is 0.234 e. The molecule has 3 rings (SSSR count). The summed E-state index contributed by atoms with van der Waals surface area (Å²) in [5.74, 6) is 0.0182. The molecule has 2 aromatic rings. The maximum atomic E-state index is 12.1. The molecular formula is C16H16Cl2N2OS. The normalized spacial score (nSPS) is 14.6. The van der Waals surface area contributed by atoms with E-state index in [2.05, 4.69) is 21.7 Å². The Kier molecular flexibility index (Phi) is 5.03. The van der Waals surface area contributed by atoms with Gasteiger partial charge in [0.05, 0.1) is 6.54 Å². The Morgan fingerprint density at radius 2 is 2.18 bits per heavy atom. The first-order chi connectivity index (χ1) is 10.6. The quantitative estimate of drug-likeness (QED) is 0.907. The van der Waals surface area contributed by atoms with E-state index >= 15 is 0 Å². The van der Waals surface area contributed by atoms with Crippen LogP contribution in [0.25, 0.3) is 0 Å². The van der Waals surface area contributed by atoms with E-state index in [9.17, 15) is 4.79 Å². The fourth-order valence-corrected chi connectivity index (χ4v) is 3.92. The molecule has 3 nitrogen and oxygen atoms in total. The number of carbonyl (C=O) groups excluding carboxylic acids is 1. The van der Waals surface area contributed by atoms with E-state index in [1.807, 2.05) is 6.07 Å². The number of nitrogens with zero attached hydrogens (tertiary/aromatic N) is 1. The molecule has 1 aromatic carbocycles. The molecule has 1 aromatic heterocycles. The molecule has 0 saturated heterocycles. The van der Waals surface area contributed by atoms with Gasteiger partial charge in [-0.2, -0.15) is 0 Å². The Morgan fingerprint density at radius 3 is 3.00 bits per heavy atom. The van der Waals surface area contributed by atoms with Crippen molar-refractivity contribution in [2.45, 2.75) is 19.5 Å². The van der Waals surface area contributed by atoms with Gasteiger partial charge in [-0.15, -0.1) is 11.3 Å². The molecule has 0 unspecified atom stereocenters. The van der Waals surface area contributed by atoms with E-state index in [0.29, 0.717) is 23.1 Å². The Bertz CT molecular complexity index is 687. The molecule has 2 heterocycles. The number of hydrogen-bond acceptors (Lipinski definition) is 3. The number of benzene rings is 1. The van der Waals surface area contributed by atoms with Gasteiger partial charge in [0.2, 0.25) is 5.91 Å². The lowest BCUT2D eigenvalue weighted by Crippen LogP contribution is -2.39. The van der Waals surface area contributed by atoms with Crippen LogP contribution in [-0.4, -0.2) is 23.9 Å². The topological polar surface area (TPSA) is 32.3 Å². The zero-order valence-corrected chi connectivity index (χ0v) is 14.3. The van der Waals surface area contributed by atoms with Gasteiger partial charge >= 0.3 is 0 Å². The summed E-state index contributed by atoms with van der Waals surface area (Å²) in [6.45, 7) is 2.63. The lowest BCUT2D eigenvalue weighted by atomic mass is 10.1. The molecule has 116 valence electrons. The van der Waals surface area contributed by atoms with E-state index in [1.165, 1.54) is 10.4 Å². The molecule has 0 spiro atoms. The van der Waals surface area contributed by atoms with E-state index < -0.39 is 0 Å². The van der Waals surface area contributed by atoms with Gasteiger partial charge < -0.3 is 5.32 Å². The van der Waals surface area contributed by atoms with E-state index in [4.69, 9.17) is 23.2 Å². The molecule has 1 N–H and O–H groups in total. The van der Waals surface area contributed by atoms with Crippen molar-refractivity contribution in [2.75, 3.05) is 13.1 Å². The monoisotopic (exact) mass is 354 g/mol. The Morgan fingerprint density at radius 1 is 1.32 bits per heavy atom. The number of halogens is 2. The summed E-state index contributed by atoms with van der Waals surface area (Å²) in [6, 6.07) is 7.45. The van der Waals surface area contributed by atoms with Crippen LogP contribution >= 0.6 is 34.5 Å². The molecule has 0 aliphatic carbocycles. The van der Waals surface area contributed by atoms with Crippen LogP contribution in [0.2, 0.25) is 10.0 Å². The number of amides is 1. The van der Waals surface area contributed by atoms with Crippen LogP contribution in [0.3, 0.4) is 0 Å². The summed E-state index contributed by atoms with van der Waals surface area (Å²) >= 11 is 13.8. The lowest BCUT2D eigenvalue weighted by molar-refractivity contribution is -0.122. The molecule has 22 heavy (non-hydrogen) atoms. The van der Waals surface area contributed by atoms with Crippen LogP contribution in [0.1, 0.15) is 16.0 Å². The zero-order valence-electron chi connectivity index (χ0n) is 11.9. The lowest BCUT2D eigenvalue weighted by Gasteiger charge is -2.26. The molecular weight excluding hydrogens is 339 g/mol. The van der Waals surface area contributed by atoms with Gasteiger partial charge in [-0.3, -0.25) is 9.69 Å². The van der Waals surface area contributed by atoms with E-state index in [1.54, 1.807) is 23.5 Å². The van der Waals surface area contributed by atoms with Gasteiger partial charge in [0.1, 0.15) is 0 Å². The Labute approximate surface area is 143 Å². The highest BCUT2D eigenvalue weighted by Gasteiger charge is 2.19. The molecule has 0 atom stereocenters. The molecule has 1 aliphatic rings. The zero-order chi connectivity index (χ0) is 15.5. The van der Waals surface area contributed by atoms with Crippen LogP contribution in [0, 0.1) is 0 Å². The van der Waals surface area contributed by atoms with Crippen LogP contribution < -0.4 is 5.32 Å². The van der Waals surface area contributed by atoms with Crippen LogP contribution in [0.15, 0.2) is 29.6 Å². The van der Waals surface area contributed by atoms with E-state index in [-0.39, 0.29) is 5.91 Å². The van der Waals surface area contributed by atoms with Crippen molar-refractivity contribution in [2.24, 2.45) is 0 Å². The molecule has 0 bridgehead atoms. The van der Waals surface area contributed by atoms with Gasteiger partial charge in [0.25, 0.3) is 0 Å². The highest BCUT2D eigenvalue weighted by molar-refractivity contribution is 7.10. The summed E-state index contributed by atoms with van der Waals surface area (Å²) in [7, 11) is 0. The molecule has 0 saturated carbocycles. The second-order valence-electron chi connectivity index (χ2n) is 5.34. The van der Waals surface area contributed by atoms with Crippen molar-refractivity contribution < 1.29 is 4.79 Å². The summed E-state index contributed by atoms with van der Waals surface area (Å²) in [5.41, 5.74) is 2.22. The van der Waals surface area contributed by atoms with Crippen LogP contribution in [0.5, 0.6) is 0 Å². The fourth-order valence-electron chi connectivity index (χ4n) is 2.56. The van der Waals surface area contributed by atoms with Crippen molar-refractivity contribution >= 4 is 40.4 Å². The SMILES string of the molecule is O=C(CN1CCc2sccc2C1)NCc1ccc(Cl)cc1Cl. The van der Waals surface area contributed by atoms with Gasteiger partial charge in [0, 0.05) is 34.6 Å². The van der Waals surface area contributed by atoms with Gasteiger partial charge in [-0.25, -0.2) is 0 Å². The van der Waals surface area contributed by atoms with Gasteiger partial charge in [-0.1, -0.05) is 29.3 Å². The first-order valence-electron chi connectivity index (χ1n) is 7.10. The van der Waals surface area contributed by atoms with Crippen molar-refractivity contribution in [3.8, 4) is 0 Å². The van der Waals surface area contributed by atoms with E-state index in [0.717, 1.165) is 25.1 Å². The third-order valence-electron chi connectivity index (χ3n) is 3.75. The first kappa shape index (κ1) is 15.8. The van der Waals surface area contributed by atoms with Crippen molar-refractivity contribution in [3.05, 3.63) is 55.7 Å². The number of hydrogen-bond donors (Lipinski definition) is 1.